The van der Waals surface area contributed by atoms with Gasteiger partial charge in [-0.1, -0.05) is 52.4 Å². The number of ketones is 1. The number of benzene rings is 1. The molecule has 3 aliphatic rings. The first kappa shape index (κ1) is 15.8. The molecule has 0 saturated heterocycles. The van der Waals surface area contributed by atoms with Crippen molar-refractivity contribution in [2.24, 2.45) is 4.99 Å². The normalized spacial score (nSPS) is 39.1. The van der Waals surface area contributed by atoms with E-state index in [1.807, 2.05) is 31.2 Å². The number of Topliss-reactive ketones (excluding diaryl/α,β-unsaturated/α-hetero) is 1. The summed E-state index contributed by atoms with van der Waals surface area (Å²) in [5.41, 5.74) is -0.224. The van der Waals surface area contributed by atoms with Crippen molar-refractivity contribution in [2.45, 2.75) is 46.9 Å². The highest BCUT2D eigenvalue weighted by Gasteiger charge is 2.78. The lowest BCUT2D eigenvalue weighted by Crippen LogP contribution is -2.62. The van der Waals surface area contributed by atoms with E-state index in [4.69, 9.17) is 26.1 Å². The Hall–Kier alpha value is -0.660. The maximum atomic E-state index is 13.3. The standard InChI is InChI=1S/C17H17ClINO3/c1-9(22-2)15-20-17-8-7-16(17,10-5-3-4-6-11(10)18)14(21)12(23-15)13(17)19/h3-6,9,12-13H,7-8H2,1-2H3. The van der Waals surface area contributed by atoms with Crippen LogP contribution in [0, 0.1) is 0 Å². The fourth-order valence-corrected chi connectivity index (χ4v) is 5.99. The summed E-state index contributed by atoms with van der Waals surface area (Å²) in [6, 6.07) is 7.63. The maximum absolute atomic E-state index is 13.3. The molecule has 2 aliphatic carbocycles. The van der Waals surface area contributed by atoms with Gasteiger partial charge in [0.25, 0.3) is 0 Å². The number of rotatable bonds is 3. The first-order chi connectivity index (χ1) is 11.0. The summed E-state index contributed by atoms with van der Waals surface area (Å²) in [4.78, 5) is 18.2. The molecular formula is C17H17ClINO3. The van der Waals surface area contributed by atoms with Gasteiger partial charge in [0.05, 0.1) is 14.9 Å². The van der Waals surface area contributed by atoms with Gasteiger partial charge in [-0.05, 0) is 31.4 Å². The lowest BCUT2D eigenvalue weighted by atomic mass is 9.53. The number of halogens is 2. The minimum absolute atomic E-state index is 0.0189. The van der Waals surface area contributed by atoms with Gasteiger partial charge in [0.15, 0.2) is 11.9 Å². The van der Waals surface area contributed by atoms with Crippen molar-refractivity contribution >= 4 is 45.9 Å². The molecule has 0 N–H and O–H groups in total. The molecule has 5 atom stereocenters. The Morgan fingerprint density at radius 2 is 2.17 bits per heavy atom. The number of carbonyl (C=O) groups excluding carboxylic acids is 1. The van der Waals surface area contributed by atoms with Gasteiger partial charge < -0.3 is 9.47 Å². The summed E-state index contributed by atoms with van der Waals surface area (Å²) in [6.45, 7) is 1.89. The minimum atomic E-state index is -0.656. The van der Waals surface area contributed by atoms with Crippen LogP contribution in [0.1, 0.15) is 25.3 Å². The highest BCUT2D eigenvalue weighted by atomic mass is 127. The lowest BCUT2D eigenvalue weighted by molar-refractivity contribution is -0.130. The van der Waals surface area contributed by atoms with Crippen LogP contribution in [0.15, 0.2) is 29.3 Å². The average Bonchev–Trinajstić information content (AvgIpc) is 2.61. The van der Waals surface area contributed by atoms with Gasteiger partial charge in [0.1, 0.15) is 6.10 Å². The van der Waals surface area contributed by atoms with Gasteiger partial charge >= 0.3 is 0 Å². The SMILES string of the molecule is COC(C)C1=NC23CCC2(c2ccccc2Cl)C(=O)C(O1)C3I. The molecule has 4 rings (SSSR count). The smallest absolute Gasteiger partial charge is 0.214 e. The van der Waals surface area contributed by atoms with E-state index in [1.165, 1.54) is 0 Å². The first-order valence-electron chi connectivity index (χ1n) is 7.70. The molecule has 2 bridgehead atoms. The fourth-order valence-electron chi connectivity index (χ4n) is 4.24. The summed E-state index contributed by atoms with van der Waals surface area (Å²) >= 11 is 8.78. The summed E-state index contributed by atoms with van der Waals surface area (Å²) in [5.74, 6) is 0.644. The molecule has 1 spiro atoms. The third-order valence-electron chi connectivity index (χ3n) is 5.61. The molecule has 23 heavy (non-hydrogen) atoms. The highest BCUT2D eigenvalue weighted by molar-refractivity contribution is 14.1. The molecule has 2 fully saturated rings. The van der Waals surface area contributed by atoms with Gasteiger partial charge in [-0.25, -0.2) is 4.99 Å². The van der Waals surface area contributed by atoms with E-state index in [9.17, 15) is 4.79 Å². The van der Waals surface area contributed by atoms with Gasteiger partial charge in [-0.3, -0.25) is 4.79 Å². The number of ether oxygens (including phenoxy) is 2. The quantitative estimate of drug-likeness (QED) is 0.530. The molecule has 6 heteroatoms. The molecule has 122 valence electrons. The largest absolute Gasteiger partial charge is 0.467 e. The lowest BCUT2D eigenvalue weighted by Gasteiger charge is -2.53. The van der Waals surface area contributed by atoms with Crippen LogP contribution in [-0.2, 0) is 19.7 Å². The van der Waals surface area contributed by atoms with Gasteiger partial charge in [-0.15, -0.1) is 0 Å². The van der Waals surface area contributed by atoms with Crippen LogP contribution in [0.2, 0.25) is 5.02 Å². The first-order valence-corrected chi connectivity index (χ1v) is 9.33. The van der Waals surface area contributed by atoms with Crippen LogP contribution in [0.4, 0.5) is 0 Å². The van der Waals surface area contributed by atoms with Crippen molar-refractivity contribution in [3.05, 3.63) is 34.9 Å². The zero-order valence-corrected chi connectivity index (χ0v) is 15.8. The molecule has 0 amide bonds. The number of alkyl halides is 1. The van der Waals surface area contributed by atoms with E-state index in [1.54, 1.807) is 7.11 Å². The third-order valence-corrected chi connectivity index (χ3v) is 7.63. The topological polar surface area (TPSA) is 47.9 Å². The monoisotopic (exact) mass is 445 g/mol. The van der Waals surface area contributed by atoms with E-state index in [0.29, 0.717) is 10.9 Å². The highest BCUT2D eigenvalue weighted by Crippen LogP contribution is 2.66. The number of carbonyl (C=O) groups is 1. The number of methoxy groups -OCH3 is 1. The molecule has 4 nitrogen and oxygen atoms in total. The van der Waals surface area contributed by atoms with Crippen molar-refractivity contribution in [2.75, 3.05) is 7.11 Å². The van der Waals surface area contributed by atoms with Gasteiger partial charge in [0.2, 0.25) is 5.90 Å². The van der Waals surface area contributed by atoms with Crippen LogP contribution < -0.4 is 0 Å². The Morgan fingerprint density at radius 1 is 1.43 bits per heavy atom. The molecule has 0 aromatic heterocycles. The second-order valence-corrected chi connectivity index (χ2v) is 8.19. The summed E-state index contributed by atoms with van der Waals surface area (Å²) in [6.07, 6.45) is 0.915. The zero-order valence-electron chi connectivity index (χ0n) is 12.9. The molecule has 1 aromatic carbocycles. The molecule has 1 heterocycles. The molecule has 5 unspecified atom stereocenters. The number of hydrogen-bond donors (Lipinski definition) is 0. The van der Waals surface area contributed by atoms with E-state index < -0.39 is 17.1 Å². The van der Waals surface area contributed by atoms with Crippen molar-refractivity contribution in [1.82, 2.24) is 0 Å². The molecular weight excluding hydrogens is 429 g/mol. The second-order valence-electron chi connectivity index (χ2n) is 6.44. The summed E-state index contributed by atoms with van der Waals surface area (Å²) < 4.78 is 11.3. The number of fused-ring (bicyclic) bond motifs is 1. The Kier molecular flexibility index (Phi) is 3.56. The minimum Gasteiger partial charge on any atom is -0.467 e. The molecule has 1 aliphatic heterocycles. The van der Waals surface area contributed by atoms with Crippen LogP contribution in [0.25, 0.3) is 0 Å². The van der Waals surface area contributed by atoms with E-state index in [0.717, 1.165) is 18.4 Å². The van der Waals surface area contributed by atoms with Crippen molar-refractivity contribution < 1.29 is 14.3 Å². The van der Waals surface area contributed by atoms with Crippen molar-refractivity contribution in [3.63, 3.8) is 0 Å². The van der Waals surface area contributed by atoms with E-state index in [2.05, 4.69) is 22.6 Å². The predicted molar refractivity (Wildman–Crippen MR) is 96.7 cm³/mol. The molecule has 0 radical (unpaired) electrons. The summed E-state index contributed by atoms with van der Waals surface area (Å²) in [5, 5.41) is 0.632. The zero-order chi connectivity index (χ0) is 16.4. The Balaban J connectivity index is 1.91. The van der Waals surface area contributed by atoms with Crippen LogP contribution >= 0.6 is 34.2 Å². The Bertz CT molecular complexity index is 724. The molecule has 1 aromatic rings. The van der Waals surface area contributed by atoms with Crippen molar-refractivity contribution in [3.8, 4) is 0 Å². The van der Waals surface area contributed by atoms with E-state index in [-0.39, 0.29) is 15.8 Å². The maximum Gasteiger partial charge on any atom is 0.214 e. The predicted octanol–water partition coefficient (Wildman–Crippen LogP) is 3.33. The number of nitrogens with zero attached hydrogens (tertiary/aromatic N) is 1. The van der Waals surface area contributed by atoms with Crippen LogP contribution in [-0.4, -0.2) is 40.5 Å². The summed E-state index contributed by atoms with van der Waals surface area (Å²) in [7, 11) is 1.62. The van der Waals surface area contributed by atoms with Crippen LogP contribution in [0.5, 0.6) is 0 Å². The third kappa shape index (κ3) is 1.76. The number of aliphatic imine (C=N–C) groups is 1. The van der Waals surface area contributed by atoms with Gasteiger partial charge in [0, 0.05) is 12.1 Å². The Labute approximate surface area is 153 Å². The average molecular weight is 446 g/mol. The van der Waals surface area contributed by atoms with Crippen LogP contribution in [0.3, 0.4) is 0 Å². The fraction of sp³-hybridized carbons (Fsp3) is 0.529. The van der Waals surface area contributed by atoms with Crippen molar-refractivity contribution in [1.29, 1.82) is 0 Å². The van der Waals surface area contributed by atoms with E-state index >= 15 is 0 Å². The second kappa shape index (κ2) is 5.17. The van der Waals surface area contributed by atoms with Gasteiger partial charge in [-0.2, -0.15) is 0 Å². The number of hydrogen-bond acceptors (Lipinski definition) is 4. The Morgan fingerprint density at radius 3 is 2.78 bits per heavy atom. The molecule has 2 saturated carbocycles.